The summed E-state index contributed by atoms with van der Waals surface area (Å²) in [6, 6.07) is 15.6. The van der Waals surface area contributed by atoms with Gasteiger partial charge in [-0.2, -0.15) is 0 Å². The van der Waals surface area contributed by atoms with Crippen molar-refractivity contribution in [3.8, 4) is 23.0 Å². The van der Waals surface area contributed by atoms with Crippen LogP contribution in [0.25, 0.3) is 0 Å². The number of hydrogen-bond donors (Lipinski definition) is 2. The van der Waals surface area contributed by atoms with E-state index in [1.165, 1.54) is 19.4 Å². The standard InChI is InChI=1S/C34H43N3O7/c1-9-21(4)29(37-33(39)30-31(44-34(40)20(2)3)27(43-8)18-19-35-30)32(38)36-22(5)28(23-10-14-25(41-6)15-11-23)24-12-16-26(42-7)17-13-24/h10-22,28-29H,9H2,1-8H3,(H,36,38)(H,37,39)/t21-,22-,29-/m0/s1. The van der Waals surface area contributed by atoms with Crippen LogP contribution in [0.1, 0.15) is 68.6 Å². The lowest BCUT2D eigenvalue weighted by Gasteiger charge is -2.30. The second-order valence-corrected chi connectivity index (χ2v) is 10.9. The molecule has 3 aromatic rings. The van der Waals surface area contributed by atoms with E-state index in [2.05, 4.69) is 15.6 Å². The molecule has 0 aliphatic rings. The predicted molar refractivity (Wildman–Crippen MR) is 167 cm³/mol. The third-order valence-corrected chi connectivity index (χ3v) is 7.58. The summed E-state index contributed by atoms with van der Waals surface area (Å²) < 4.78 is 21.5. The van der Waals surface area contributed by atoms with E-state index in [1.807, 2.05) is 69.3 Å². The SMILES string of the molecule is CC[C@H](C)[C@H](NC(=O)c1nccc(OC)c1OC(=O)C(C)C)C(=O)N[C@@H](C)C(c1ccc(OC)cc1)c1ccc(OC)cc1. The van der Waals surface area contributed by atoms with Crippen LogP contribution in [-0.4, -0.2) is 56.2 Å². The summed E-state index contributed by atoms with van der Waals surface area (Å²) in [6.07, 6.45) is 2.00. The number of carbonyl (C=O) groups is 3. The van der Waals surface area contributed by atoms with Gasteiger partial charge >= 0.3 is 5.97 Å². The summed E-state index contributed by atoms with van der Waals surface area (Å²) in [7, 11) is 4.63. The molecule has 0 bridgehead atoms. The van der Waals surface area contributed by atoms with Crippen LogP contribution in [-0.2, 0) is 9.59 Å². The molecule has 0 saturated heterocycles. The Morgan fingerprint density at radius 3 is 1.77 bits per heavy atom. The molecule has 0 unspecified atom stereocenters. The van der Waals surface area contributed by atoms with Crippen LogP contribution < -0.4 is 29.6 Å². The molecule has 3 atom stereocenters. The maximum Gasteiger partial charge on any atom is 0.313 e. The molecule has 2 amide bonds. The fourth-order valence-corrected chi connectivity index (χ4v) is 4.77. The van der Waals surface area contributed by atoms with Gasteiger partial charge in [-0.1, -0.05) is 58.4 Å². The average Bonchev–Trinajstić information content (AvgIpc) is 3.03. The number of nitrogens with zero attached hydrogens (tertiary/aromatic N) is 1. The number of rotatable bonds is 14. The van der Waals surface area contributed by atoms with Crippen LogP contribution >= 0.6 is 0 Å². The van der Waals surface area contributed by atoms with Crippen LogP contribution in [0.5, 0.6) is 23.0 Å². The molecular weight excluding hydrogens is 562 g/mol. The van der Waals surface area contributed by atoms with Crippen molar-refractivity contribution in [1.29, 1.82) is 0 Å². The molecule has 0 saturated carbocycles. The third-order valence-electron chi connectivity index (χ3n) is 7.58. The zero-order chi connectivity index (χ0) is 32.4. The van der Waals surface area contributed by atoms with E-state index in [0.29, 0.717) is 6.42 Å². The van der Waals surface area contributed by atoms with Gasteiger partial charge in [0.2, 0.25) is 11.7 Å². The molecular formula is C34H43N3O7. The summed E-state index contributed by atoms with van der Waals surface area (Å²) >= 11 is 0. The number of aromatic nitrogens is 1. The summed E-state index contributed by atoms with van der Waals surface area (Å²) in [5.41, 5.74) is 1.80. The minimum absolute atomic E-state index is 0.0954. The first-order valence-corrected chi connectivity index (χ1v) is 14.7. The van der Waals surface area contributed by atoms with E-state index in [0.717, 1.165) is 22.6 Å². The van der Waals surface area contributed by atoms with Crippen LogP contribution in [0, 0.1) is 11.8 Å². The number of esters is 1. The lowest BCUT2D eigenvalue weighted by molar-refractivity contribution is -0.138. The van der Waals surface area contributed by atoms with Crippen molar-refractivity contribution in [2.24, 2.45) is 11.8 Å². The maximum atomic E-state index is 13.9. The highest BCUT2D eigenvalue weighted by Crippen LogP contribution is 2.32. The highest BCUT2D eigenvalue weighted by Gasteiger charge is 2.32. The summed E-state index contributed by atoms with van der Waals surface area (Å²) in [5.74, 6) is -0.905. The zero-order valence-corrected chi connectivity index (χ0v) is 26.7. The van der Waals surface area contributed by atoms with E-state index in [9.17, 15) is 14.4 Å². The van der Waals surface area contributed by atoms with Crippen molar-refractivity contribution in [2.75, 3.05) is 21.3 Å². The molecule has 44 heavy (non-hydrogen) atoms. The number of methoxy groups -OCH3 is 3. The molecule has 236 valence electrons. The van der Waals surface area contributed by atoms with Crippen molar-refractivity contribution in [2.45, 2.75) is 59.0 Å². The molecule has 10 nitrogen and oxygen atoms in total. The van der Waals surface area contributed by atoms with Gasteiger partial charge in [0.25, 0.3) is 5.91 Å². The van der Waals surface area contributed by atoms with Crippen LogP contribution in [0.4, 0.5) is 0 Å². The Labute approximate surface area is 259 Å². The number of pyridine rings is 1. The van der Waals surface area contributed by atoms with E-state index in [1.54, 1.807) is 28.1 Å². The quantitative estimate of drug-likeness (QED) is 0.242. The van der Waals surface area contributed by atoms with E-state index >= 15 is 0 Å². The minimum Gasteiger partial charge on any atom is -0.497 e. The van der Waals surface area contributed by atoms with Crippen molar-refractivity contribution in [3.05, 3.63) is 77.6 Å². The van der Waals surface area contributed by atoms with E-state index in [-0.39, 0.29) is 41.0 Å². The predicted octanol–water partition coefficient (Wildman–Crippen LogP) is 5.15. The van der Waals surface area contributed by atoms with Crippen LogP contribution in [0.15, 0.2) is 60.8 Å². The molecule has 0 aliphatic carbocycles. The van der Waals surface area contributed by atoms with Gasteiger partial charge in [-0.05, 0) is 48.2 Å². The number of hydrogen-bond acceptors (Lipinski definition) is 8. The van der Waals surface area contributed by atoms with E-state index < -0.39 is 23.8 Å². The molecule has 1 heterocycles. The second kappa shape index (κ2) is 15.7. The van der Waals surface area contributed by atoms with Crippen LogP contribution in [0.3, 0.4) is 0 Å². The molecule has 0 radical (unpaired) electrons. The molecule has 2 N–H and O–H groups in total. The Morgan fingerprint density at radius 1 is 0.773 bits per heavy atom. The highest BCUT2D eigenvalue weighted by atomic mass is 16.6. The molecule has 0 spiro atoms. The molecule has 10 heteroatoms. The molecule has 3 rings (SSSR count). The maximum absolute atomic E-state index is 13.9. The number of benzene rings is 2. The minimum atomic E-state index is -0.899. The smallest absolute Gasteiger partial charge is 0.313 e. The van der Waals surface area contributed by atoms with Gasteiger partial charge in [-0.15, -0.1) is 0 Å². The first-order valence-electron chi connectivity index (χ1n) is 14.7. The Hall–Kier alpha value is -4.60. The molecule has 1 aromatic heterocycles. The average molecular weight is 606 g/mol. The normalized spacial score (nSPS) is 13.0. The lowest BCUT2D eigenvalue weighted by atomic mass is 9.85. The second-order valence-electron chi connectivity index (χ2n) is 10.9. The third kappa shape index (κ3) is 8.27. The lowest BCUT2D eigenvalue weighted by Crippen LogP contribution is -2.53. The highest BCUT2D eigenvalue weighted by molar-refractivity contribution is 5.99. The fraction of sp³-hybridized carbons (Fsp3) is 0.412. The zero-order valence-electron chi connectivity index (χ0n) is 26.7. The first-order chi connectivity index (χ1) is 21.0. The molecule has 0 fully saturated rings. The Bertz CT molecular complexity index is 1360. The summed E-state index contributed by atoms with van der Waals surface area (Å²) in [6.45, 7) is 9.12. The number of carbonyl (C=O) groups excluding carboxylic acids is 3. The number of ether oxygens (including phenoxy) is 4. The fourth-order valence-electron chi connectivity index (χ4n) is 4.77. The Balaban J connectivity index is 1.91. The van der Waals surface area contributed by atoms with Crippen LogP contribution in [0.2, 0.25) is 0 Å². The van der Waals surface area contributed by atoms with Crippen molar-refractivity contribution >= 4 is 17.8 Å². The van der Waals surface area contributed by atoms with Gasteiger partial charge in [0, 0.05) is 24.2 Å². The largest absolute Gasteiger partial charge is 0.497 e. The monoisotopic (exact) mass is 605 g/mol. The van der Waals surface area contributed by atoms with Crippen molar-refractivity contribution in [3.63, 3.8) is 0 Å². The molecule has 2 aromatic carbocycles. The van der Waals surface area contributed by atoms with Gasteiger partial charge in [-0.3, -0.25) is 14.4 Å². The number of nitrogens with one attached hydrogen (secondary N) is 2. The van der Waals surface area contributed by atoms with Crippen molar-refractivity contribution in [1.82, 2.24) is 15.6 Å². The van der Waals surface area contributed by atoms with Gasteiger partial charge in [-0.25, -0.2) is 4.98 Å². The summed E-state index contributed by atoms with van der Waals surface area (Å²) in [5, 5.41) is 5.98. The van der Waals surface area contributed by atoms with Gasteiger partial charge in [0.15, 0.2) is 11.4 Å². The number of amides is 2. The molecule has 0 aliphatic heterocycles. The van der Waals surface area contributed by atoms with Gasteiger partial charge in [0.1, 0.15) is 17.5 Å². The Kier molecular flexibility index (Phi) is 12.1. The Morgan fingerprint density at radius 2 is 1.32 bits per heavy atom. The van der Waals surface area contributed by atoms with Crippen molar-refractivity contribution < 1.29 is 33.3 Å². The topological polar surface area (TPSA) is 125 Å². The van der Waals surface area contributed by atoms with E-state index in [4.69, 9.17) is 18.9 Å². The summed E-state index contributed by atoms with van der Waals surface area (Å²) in [4.78, 5) is 44.0. The van der Waals surface area contributed by atoms with Gasteiger partial charge in [0.05, 0.1) is 27.2 Å². The van der Waals surface area contributed by atoms with Gasteiger partial charge < -0.3 is 29.6 Å². The first kappa shape index (κ1) is 33.9.